The summed E-state index contributed by atoms with van der Waals surface area (Å²) in [5, 5.41) is 31.8. The van der Waals surface area contributed by atoms with Crippen LogP contribution in [0.3, 0.4) is 0 Å². The summed E-state index contributed by atoms with van der Waals surface area (Å²) < 4.78 is 21.2. The van der Waals surface area contributed by atoms with E-state index in [1.54, 1.807) is 13.3 Å². The van der Waals surface area contributed by atoms with E-state index < -0.39 is 18.3 Å². The summed E-state index contributed by atoms with van der Waals surface area (Å²) in [6.07, 6.45) is 8.20. The van der Waals surface area contributed by atoms with E-state index in [9.17, 15) is 15.3 Å². The topological polar surface area (TPSA) is 82.8 Å². The Bertz CT molecular complexity index is 1010. The molecule has 0 aromatic carbocycles. The Morgan fingerprint density at radius 2 is 1.81 bits per heavy atom. The maximum atomic E-state index is 15.9. The molecule has 1 heterocycles. The van der Waals surface area contributed by atoms with Crippen molar-refractivity contribution in [3.8, 4) is 5.88 Å². The highest BCUT2D eigenvalue weighted by Crippen LogP contribution is 2.68. The molecule has 0 radical (unpaired) electrons. The van der Waals surface area contributed by atoms with Gasteiger partial charge in [0.25, 0.3) is 0 Å². The van der Waals surface area contributed by atoms with Crippen LogP contribution in [0.15, 0.2) is 29.7 Å². The lowest BCUT2D eigenvalue weighted by Crippen LogP contribution is -2.55. The Labute approximate surface area is 221 Å². The minimum Gasteiger partial charge on any atom is -0.481 e. The number of aromatic nitrogens is 1. The molecule has 4 aliphatic carbocycles. The first-order valence-corrected chi connectivity index (χ1v) is 14.5. The number of pyridine rings is 1. The minimum absolute atomic E-state index is 0.0124. The van der Waals surface area contributed by atoms with Gasteiger partial charge in [0, 0.05) is 18.2 Å². The summed E-state index contributed by atoms with van der Waals surface area (Å²) in [6, 6.07) is 3.71. The second kappa shape index (κ2) is 10.2. The Morgan fingerprint density at radius 1 is 1.08 bits per heavy atom. The van der Waals surface area contributed by atoms with Crippen LogP contribution < -0.4 is 4.74 Å². The predicted molar refractivity (Wildman–Crippen MR) is 141 cm³/mol. The van der Waals surface area contributed by atoms with Crippen molar-refractivity contribution >= 4 is 0 Å². The number of rotatable bonds is 7. The molecule has 3 N–H and O–H groups in total. The second-order valence-electron chi connectivity index (χ2n) is 13.1. The number of allylic oxidation sites excluding steroid dienone is 2. The number of nitrogens with zero attached hydrogens (tertiary/aromatic N) is 1. The van der Waals surface area contributed by atoms with Gasteiger partial charge in [0.05, 0.1) is 25.4 Å². The molecule has 0 bridgehead atoms. The van der Waals surface area contributed by atoms with Gasteiger partial charge in [-0.3, -0.25) is 0 Å². The van der Waals surface area contributed by atoms with Gasteiger partial charge < -0.3 is 20.1 Å². The first kappa shape index (κ1) is 27.1. The third-order valence-electron chi connectivity index (χ3n) is 11.4. The molecule has 0 aliphatic heterocycles. The van der Waals surface area contributed by atoms with Crippen LogP contribution in [0, 0.1) is 40.4 Å². The van der Waals surface area contributed by atoms with Gasteiger partial charge in [0.15, 0.2) is 0 Å². The van der Waals surface area contributed by atoms with Crippen LogP contribution in [0.2, 0.25) is 0 Å². The van der Waals surface area contributed by atoms with E-state index in [4.69, 9.17) is 4.74 Å². The van der Waals surface area contributed by atoms with Gasteiger partial charge in [-0.05, 0) is 103 Å². The molecular formula is C31H46FNO4. The van der Waals surface area contributed by atoms with Crippen molar-refractivity contribution in [2.75, 3.05) is 7.11 Å². The lowest BCUT2D eigenvalue weighted by Gasteiger charge is -2.59. The van der Waals surface area contributed by atoms with E-state index >= 15 is 4.39 Å². The quantitative estimate of drug-likeness (QED) is 0.406. The summed E-state index contributed by atoms with van der Waals surface area (Å²) in [5.74, 6) is 1.85. The number of halogens is 1. The highest BCUT2D eigenvalue weighted by Gasteiger charge is 2.61. The van der Waals surface area contributed by atoms with Gasteiger partial charge in [-0.15, -0.1) is 0 Å². The van der Waals surface area contributed by atoms with Gasteiger partial charge in [0.1, 0.15) is 5.83 Å². The van der Waals surface area contributed by atoms with Gasteiger partial charge in [0.2, 0.25) is 5.88 Å². The van der Waals surface area contributed by atoms with Crippen LogP contribution in [0.1, 0.15) is 96.6 Å². The van der Waals surface area contributed by atoms with E-state index in [0.717, 1.165) is 56.1 Å². The molecule has 37 heavy (non-hydrogen) atoms. The van der Waals surface area contributed by atoms with E-state index in [0.29, 0.717) is 30.6 Å². The standard InChI is InChI=1S/C31H46FNO4/c1-18(7-5-9-25(34)19-8-6-16-33-29(19)37-4)20-10-11-21-27-22(12-14-30(20,21)2)31(3)15-13-26(35)28(36)23(31)17-24(27)32/h6,8,16,18,20-23,25-26,28,34-36H,5,7,9-15,17H2,1-4H3/t18-,20-,21+,22+,23+,25?,26+,28-,30-,31-/m1/s1. The number of hydrogen-bond donors (Lipinski definition) is 3. The molecule has 1 aromatic heterocycles. The highest BCUT2D eigenvalue weighted by atomic mass is 19.1. The third-order valence-corrected chi connectivity index (χ3v) is 11.4. The zero-order chi connectivity index (χ0) is 26.5. The van der Waals surface area contributed by atoms with Crippen molar-refractivity contribution in [3.05, 3.63) is 35.3 Å². The van der Waals surface area contributed by atoms with Crippen LogP contribution in [0.4, 0.5) is 4.39 Å². The molecule has 206 valence electrons. The summed E-state index contributed by atoms with van der Waals surface area (Å²) in [5.41, 5.74) is 1.79. The fourth-order valence-corrected chi connectivity index (χ4v) is 9.37. The molecule has 0 saturated heterocycles. The second-order valence-corrected chi connectivity index (χ2v) is 13.1. The number of ether oxygens (including phenoxy) is 1. The molecular weight excluding hydrogens is 469 g/mol. The molecule has 0 amide bonds. The molecule has 10 atom stereocenters. The summed E-state index contributed by atoms with van der Waals surface area (Å²) in [7, 11) is 1.58. The van der Waals surface area contributed by atoms with Gasteiger partial charge in [-0.25, -0.2) is 9.37 Å². The predicted octanol–water partition coefficient (Wildman–Crippen LogP) is 6.14. The maximum absolute atomic E-state index is 15.9. The summed E-state index contributed by atoms with van der Waals surface area (Å²) in [6.45, 7) is 7.01. The SMILES string of the molecule is COc1ncccc1C(O)CCC[C@@H](C)[C@H]1CC[C@H]2C3=C(F)C[C@H]4[C@@H](O)[C@@H](O)CC[C@]4(C)[C@H]3CC[C@]12C. The van der Waals surface area contributed by atoms with Crippen molar-refractivity contribution in [2.45, 2.75) is 103 Å². The van der Waals surface area contributed by atoms with Crippen molar-refractivity contribution in [3.63, 3.8) is 0 Å². The molecule has 3 fully saturated rings. The highest BCUT2D eigenvalue weighted by molar-refractivity contribution is 5.31. The fraction of sp³-hybridized carbons (Fsp3) is 0.774. The molecule has 1 aromatic rings. The molecule has 5 nitrogen and oxygen atoms in total. The van der Waals surface area contributed by atoms with Crippen molar-refractivity contribution < 1.29 is 24.4 Å². The average molecular weight is 516 g/mol. The number of hydrogen-bond acceptors (Lipinski definition) is 5. The van der Waals surface area contributed by atoms with Crippen LogP contribution >= 0.6 is 0 Å². The van der Waals surface area contributed by atoms with E-state index in [2.05, 4.69) is 25.8 Å². The third kappa shape index (κ3) is 4.45. The summed E-state index contributed by atoms with van der Waals surface area (Å²) >= 11 is 0. The molecule has 5 rings (SSSR count). The number of fused-ring (bicyclic) bond motifs is 5. The normalized spacial score (nSPS) is 41.0. The zero-order valence-corrected chi connectivity index (χ0v) is 23.0. The fourth-order valence-electron chi connectivity index (χ4n) is 9.37. The molecule has 1 unspecified atom stereocenters. The van der Waals surface area contributed by atoms with Gasteiger partial charge in [-0.1, -0.05) is 33.6 Å². The first-order valence-electron chi connectivity index (χ1n) is 14.5. The average Bonchev–Trinajstić information content (AvgIpc) is 3.24. The van der Waals surface area contributed by atoms with Crippen molar-refractivity contribution in [2.24, 2.45) is 40.4 Å². The monoisotopic (exact) mass is 515 g/mol. The zero-order valence-electron chi connectivity index (χ0n) is 23.0. The van der Waals surface area contributed by atoms with Crippen LogP contribution in [0.25, 0.3) is 0 Å². The lowest BCUT2D eigenvalue weighted by molar-refractivity contribution is -0.128. The van der Waals surface area contributed by atoms with Gasteiger partial charge in [-0.2, -0.15) is 0 Å². The number of aliphatic hydroxyl groups excluding tert-OH is 3. The Hall–Kier alpha value is -1.50. The van der Waals surface area contributed by atoms with E-state index in [1.165, 1.54) is 0 Å². The van der Waals surface area contributed by atoms with Crippen molar-refractivity contribution in [1.29, 1.82) is 0 Å². The van der Waals surface area contributed by atoms with Crippen LogP contribution in [-0.2, 0) is 0 Å². The lowest BCUT2D eigenvalue weighted by atomic mass is 9.47. The maximum Gasteiger partial charge on any atom is 0.218 e. The van der Waals surface area contributed by atoms with Crippen molar-refractivity contribution in [1.82, 2.24) is 4.98 Å². The van der Waals surface area contributed by atoms with E-state index in [1.807, 2.05) is 12.1 Å². The number of aliphatic hydroxyl groups is 3. The Balaban J connectivity index is 1.27. The largest absolute Gasteiger partial charge is 0.481 e. The first-order chi connectivity index (χ1) is 17.6. The van der Waals surface area contributed by atoms with Gasteiger partial charge >= 0.3 is 0 Å². The van der Waals surface area contributed by atoms with Crippen LogP contribution in [-0.4, -0.2) is 39.6 Å². The Morgan fingerprint density at radius 3 is 2.57 bits per heavy atom. The number of methoxy groups -OCH3 is 1. The molecule has 3 saturated carbocycles. The minimum atomic E-state index is -0.822. The van der Waals surface area contributed by atoms with E-state index in [-0.39, 0.29) is 40.8 Å². The smallest absolute Gasteiger partial charge is 0.218 e. The molecule has 0 spiro atoms. The van der Waals surface area contributed by atoms with Crippen LogP contribution in [0.5, 0.6) is 5.88 Å². The Kier molecular flexibility index (Phi) is 7.49. The summed E-state index contributed by atoms with van der Waals surface area (Å²) in [4.78, 5) is 4.21. The molecule has 6 heteroatoms. The molecule has 4 aliphatic rings.